The lowest BCUT2D eigenvalue weighted by Crippen LogP contribution is -2.16. The summed E-state index contributed by atoms with van der Waals surface area (Å²) in [5.41, 5.74) is -0.400. The van der Waals surface area contributed by atoms with E-state index in [4.69, 9.17) is 16.3 Å². The molecule has 1 heterocycles. The van der Waals surface area contributed by atoms with Crippen LogP contribution in [0.2, 0.25) is 0 Å². The molecule has 1 aliphatic heterocycles. The Kier molecular flexibility index (Phi) is 1.97. The SMILES string of the molecule is C=C(Cl)C1CC(C)(C)C(=O)O1. The molecule has 0 aliphatic carbocycles. The van der Waals surface area contributed by atoms with Gasteiger partial charge in [0.1, 0.15) is 6.10 Å². The van der Waals surface area contributed by atoms with E-state index in [0.717, 1.165) is 0 Å². The van der Waals surface area contributed by atoms with Crippen LogP contribution in [0.1, 0.15) is 20.3 Å². The van der Waals surface area contributed by atoms with E-state index in [9.17, 15) is 4.79 Å². The van der Waals surface area contributed by atoms with E-state index in [2.05, 4.69) is 6.58 Å². The molecule has 1 rings (SSSR count). The number of cyclic esters (lactones) is 1. The van der Waals surface area contributed by atoms with Gasteiger partial charge in [-0.3, -0.25) is 4.79 Å². The Labute approximate surface area is 71.2 Å². The predicted molar refractivity (Wildman–Crippen MR) is 43.3 cm³/mol. The first-order valence-corrected chi connectivity index (χ1v) is 3.86. The third-order valence-electron chi connectivity index (χ3n) is 1.85. The van der Waals surface area contributed by atoms with Crippen LogP contribution in [0.25, 0.3) is 0 Å². The first kappa shape index (κ1) is 8.60. The lowest BCUT2D eigenvalue weighted by atomic mass is 9.90. The van der Waals surface area contributed by atoms with Crippen molar-refractivity contribution in [1.82, 2.24) is 0 Å². The van der Waals surface area contributed by atoms with Gasteiger partial charge in [-0.25, -0.2) is 0 Å². The van der Waals surface area contributed by atoms with Crippen molar-refractivity contribution < 1.29 is 9.53 Å². The lowest BCUT2D eigenvalue weighted by molar-refractivity contribution is -0.146. The van der Waals surface area contributed by atoms with Gasteiger partial charge in [0.2, 0.25) is 0 Å². The van der Waals surface area contributed by atoms with Crippen molar-refractivity contribution in [3.05, 3.63) is 11.6 Å². The van der Waals surface area contributed by atoms with Gasteiger partial charge < -0.3 is 4.74 Å². The zero-order valence-corrected chi connectivity index (χ0v) is 7.44. The molecule has 3 heteroatoms. The van der Waals surface area contributed by atoms with Crippen molar-refractivity contribution in [2.75, 3.05) is 0 Å². The molecule has 0 aromatic carbocycles. The highest BCUT2D eigenvalue weighted by molar-refractivity contribution is 6.30. The normalized spacial score (nSPS) is 28.3. The highest BCUT2D eigenvalue weighted by atomic mass is 35.5. The summed E-state index contributed by atoms with van der Waals surface area (Å²) in [6.07, 6.45) is 0.341. The molecule has 2 nitrogen and oxygen atoms in total. The van der Waals surface area contributed by atoms with Crippen molar-refractivity contribution in [3.63, 3.8) is 0 Å². The molecule has 1 saturated heterocycles. The Hall–Kier alpha value is -0.500. The second-order valence-corrected chi connectivity index (χ2v) is 3.91. The predicted octanol–water partition coefficient (Wildman–Crippen LogP) is 2.08. The van der Waals surface area contributed by atoms with Crippen LogP contribution in [0.15, 0.2) is 11.6 Å². The Balaban J connectivity index is 2.72. The Morgan fingerprint density at radius 2 is 2.36 bits per heavy atom. The highest BCUT2D eigenvalue weighted by Gasteiger charge is 2.42. The number of carbonyl (C=O) groups is 1. The second-order valence-electron chi connectivity index (χ2n) is 3.43. The zero-order chi connectivity index (χ0) is 8.65. The number of halogens is 1. The standard InChI is InChI=1S/C8H11ClO2/c1-5(9)6-4-8(2,3)7(10)11-6/h6H,1,4H2,2-3H3. The number of esters is 1. The van der Waals surface area contributed by atoms with Gasteiger partial charge in [-0.15, -0.1) is 0 Å². The van der Waals surface area contributed by atoms with E-state index in [0.29, 0.717) is 11.5 Å². The van der Waals surface area contributed by atoms with Crippen molar-refractivity contribution in [1.29, 1.82) is 0 Å². The molecular weight excluding hydrogens is 164 g/mol. The van der Waals surface area contributed by atoms with Gasteiger partial charge in [-0.2, -0.15) is 0 Å². The second kappa shape index (κ2) is 2.52. The summed E-state index contributed by atoms with van der Waals surface area (Å²) in [6.45, 7) is 7.21. The molecule has 62 valence electrons. The van der Waals surface area contributed by atoms with Crippen LogP contribution in [0.3, 0.4) is 0 Å². The third-order valence-corrected chi connectivity index (χ3v) is 2.09. The third kappa shape index (κ3) is 1.56. The molecule has 0 aromatic heterocycles. The van der Waals surface area contributed by atoms with Gasteiger partial charge in [0.15, 0.2) is 0 Å². The van der Waals surface area contributed by atoms with Gasteiger partial charge in [0.25, 0.3) is 0 Å². The van der Waals surface area contributed by atoms with Crippen LogP contribution >= 0.6 is 11.6 Å². The molecule has 0 aromatic rings. The minimum Gasteiger partial charge on any atom is -0.456 e. The van der Waals surface area contributed by atoms with E-state index in [1.54, 1.807) is 0 Å². The van der Waals surface area contributed by atoms with Crippen LogP contribution in [0.5, 0.6) is 0 Å². The summed E-state index contributed by atoms with van der Waals surface area (Å²) in [7, 11) is 0. The van der Waals surface area contributed by atoms with Crippen molar-refractivity contribution >= 4 is 17.6 Å². The van der Waals surface area contributed by atoms with E-state index >= 15 is 0 Å². The fourth-order valence-electron chi connectivity index (χ4n) is 1.05. The monoisotopic (exact) mass is 174 g/mol. The van der Waals surface area contributed by atoms with Gasteiger partial charge >= 0.3 is 5.97 Å². The highest BCUT2D eigenvalue weighted by Crippen LogP contribution is 2.36. The van der Waals surface area contributed by atoms with Crippen LogP contribution in [0.4, 0.5) is 0 Å². The Morgan fingerprint density at radius 1 is 1.82 bits per heavy atom. The summed E-state index contributed by atoms with van der Waals surface area (Å²) >= 11 is 5.60. The fourth-order valence-corrected chi connectivity index (χ4v) is 1.17. The van der Waals surface area contributed by atoms with Crippen molar-refractivity contribution in [3.8, 4) is 0 Å². The molecule has 1 atom stereocenters. The molecule has 0 amide bonds. The van der Waals surface area contributed by atoms with Crippen LogP contribution in [0, 0.1) is 5.41 Å². The number of rotatable bonds is 1. The maximum atomic E-state index is 11.1. The summed E-state index contributed by atoms with van der Waals surface area (Å²) < 4.78 is 4.97. The first-order valence-electron chi connectivity index (χ1n) is 3.49. The molecular formula is C8H11ClO2. The minimum absolute atomic E-state index is 0.190. The molecule has 0 saturated carbocycles. The molecule has 1 aliphatic rings. The topological polar surface area (TPSA) is 26.3 Å². The zero-order valence-electron chi connectivity index (χ0n) is 6.69. The average Bonchev–Trinajstić information content (AvgIpc) is 2.08. The van der Waals surface area contributed by atoms with Crippen molar-refractivity contribution in [2.45, 2.75) is 26.4 Å². The van der Waals surface area contributed by atoms with Gasteiger partial charge in [0.05, 0.1) is 10.4 Å². The first-order chi connectivity index (χ1) is 4.93. The van der Waals surface area contributed by atoms with Crippen LogP contribution in [-0.2, 0) is 9.53 Å². The molecule has 1 unspecified atom stereocenters. The minimum atomic E-state index is -0.400. The van der Waals surface area contributed by atoms with E-state index in [-0.39, 0.29) is 12.1 Å². The largest absolute Gasteiger partial charge is 0.456 e. The molecule has 1 fully saturated rings. The summed E-state index contributed by atoms with van der Waals surface area (Å²) in [5.74, 6) is -0.190. The van der Waals surface area contributed by atoms with Crippen LogP contribution in [-0.4, -0.2) is 12.1 Å². The molecule has 0 radical (unpaired) electrons. The number of hydrogen-bond donors (Lipinski definition) is 0. The lowest BCUT2D eigenvalue weighted by Gasteiger charge is -2.09. The smallest absolute Gasteiger partial charge is 0.312 e. The Morgan fingerprint density at radius 3 is 2.55 bits per heavy atom. The van der Waals surface area contributed by atoms with Crippen LogP contribution < -0.4 is 0 Å². The molecule has 11 heavy (non-hydrogen) atoms. The van der Waals surface area contributed by atoms with E-state index < -0.39 is 5.41 Å². The average molecular weight is 175 g/mol. The number of ether oxygens (including phenoxy) is 1. The quantitative estimate of drug-likeness (QED) is 0.569. The maximum absolute atomic E-state index is 11.1. The summed E-state index contributed by atoms with van der Waals surface area (Å²) in [6, 6.07) is 0. The van der Waals surface area contributed by atoms with E-state index in [1.165, 1.54) is 0 Å². The Bertz CT molecular complexity index is 208. The summed E-state index contributed by atoms with van der Waals surface area (Å²) in [5, 5.41) is 0.406. The van der Waals surface area contributed by atoms with Gasteiger partial charge in [0, 0.05) is 6.42 Å². The summed E-state index contributed by atoms with van der Waals surface area (Å²) in [4.78, 5) is 11.1. The van der Waals surface area contributed by atoms with Crippen molar-refractivity contribution in [2.24, 2.45) is 5.41 Å². The molecule has 0 spiro atoms. The maximum Gasteiger partial charge on any atom is 0.312 e. The fraction of sp³-hybridized carbons (Fsp3) is 0.625. The number of carbonyl (C=O) groups excluding carboxylic acids is 1. The molecule has 0 bridgehead atoms. The number of hydrogen-bond acceptors (Lipinski definition) is 2. The van der Waals surface area contributed by atoms with E-state index in [1.807, 2.05) is 13.8 Å². The van der Waals surface area contributed by atoms with Gasteiger partial charge in [-0.05, 0) is 13.8 Å². The molecule has 0 N–H and O–H groups in total. The van der Waals surface area contributed by atoms with Gasteiger partial charge in [-0.1, -0.05) is 18.2 Å².